The lowest BCUT2D eigenvalue weighted by Gasteiger charge is -2.19. The lowest BCUT2D eigenvalue weighted by Crippen LogP contribution is -2.52. The van der Waals surface area contributed by atoms with Gasteiger partial charge >= 0.3 is 0 Å². The summed E-state index contributed by atoms with van der Waals surface area (Å²) in [5, 5.41) is 12.4. The van der Waals surface area contributed by atoms with Gasteiger partial charge < -0.3 is 32.3 Å². The number of nitrogens with one attached hydrogen (secondary N) is 5. The second-order valence-corrected chi connectivity index (χ2v) is 10.6. The summed E-state index contributed by atoms with van der Waals surface area (Å²) in [7, 11) is 0. The maximum atomic E-state index is 12.8. The molecule has 1 aliphatic rings. The highest BCUT2D eigenvalue weighted by atomic mass is 32.2. The van der Waals surface area contributed by atoms with Crippen LogP contribution in [0.25, 0.3) is 0 Å². The van der Waals surface area contributed by atoms with Crippen LogP contribution in [-0.4, -0.2) is 96.0 Å². The number of hydrogen-bond donors (Lipinski definition) is 6. The third-order valence-electron chi connectivity index (χ3n) is 6.05. The van der Waals surface area contributed by atoms with Crippen LogP contribution in [0.15, 0.2) is 42.5 Å². The molecule has 8 amide bonds. The van der Waals surface area contributed by atoms with Crippen molar-refractivity contribution >= 4 is 59.0 Å². The third kappa shape index (κ3) is 14.4. The molecule has 15 nitrogen and oxygen atoms in total. The van der Waals surface area contributed by atoms with Crippen LogP contribution in [0.5, 0.6) is 0 Å². The molecule has 1 aromatic carbocycles. The minimum Gasteiger partial charge on any atom is -0.369 e. The minimum atomic E-state index is -1.04. The van der Waals surface area contributed by atoms with Gasteiger partial charge in [-0.15, -0.1) is 11.8 Å². The van der Waals surface area contributed by atoms with E-state index < -0.39 is 42.1 Å². The second-order valence-electron chi connectivity index (χ2n) is 9.61. The molecule has 0 aromatic heterocycles. The highest BCUT2D eigenvalue weighted by molar-refractivity contribution is 7.99. The molecule has 0 saturated heterocycles. The standard InChI is InChI=1S/C28H37N7O8S/c29-21(36)17-44-18-33-24(39)15-32-28(43)20(13-19-7-3-1-4-8-19)34-25(40)16-31-23(38)14-30-22(37)9-5-2-6-12-35-26(41)10-11-27(35)42/h1,3-4,7-8,10-11,20H,2,5-6,9,12-18H2,(H2,29,36)(H,30,37)(H,31,38)(H,32,43)(H,33,39)(H,34,40)/t20-/m0/s1. The molecule has 0 aliphatic carbocycles. The Morgan fingerprint density at radius 2 is 1.36 bits per heavy atom. The molecule has 238 valence electrons. The average molecular weight is 632 g/mol. The zero-order valence-electron chi connectivity index (χ0n) is 24.1. The molecule has 0 bridgehead atoms. The number of primary amides is 1. The third-order valence-corrected chi connectivity index (χ3v) is 6.89. The molecule has 2 rings (SSSR count). The smallest absolute Gasteiger partial charge is 0.253 e. The van der Waals surface area contributed by atoms with E-state index >= 15 is 0 Å². The monoisotopic (exact) mass is 631 g/mol. The zero-order chi connectivity index (χ0) is 32.3. The quantitative estimate of drug-likeness (QED) is 0.0523. The number of benzene rings is 1. The summed E-state index contributed by atoms with van der Waals surface area (Å²) in [6.45, 7) is -0.884. The number of nitrogens with two attached hydrogens (primary N) is 1. The Bertz CT molecular complexity index is 1220. The van der Waals surface area contributed by atoms with Crippen molar-refractivity contribution in [1.82, 2.24) is 31.5 Å². The van der Waals surface area contributed by atoms with Crippen molar-refractivity contribution in [2.75, 3.05) is 37.8 Å². The molecule has 1 aliphatic heterocycles. The Hall–Kier alpha value is -4.73. The Labute approximate surface area is 258 Å². The summed E-state index contributed by atoms with van der Waals surface area (Å²) < 4.78 is 0. The van der Waals surface area contributed by atoms with Crippen molar-refractivity contribution in [3.63, 3.8) is 0 Å². The van der Waals surface area contributed by atoms with Gasteiger partial charge in [-0.05, 0) is 18.4 Å². The maximum absolute atomic E-state index is 12.8. The molecular weight excluding hydrogens is 594 g/mol. The fourth-order valence-electron chi connectivity index (χ4n) is 3.83. The average Bonchev–Trinajstić information content (AvgIpc) is 3.32. The van der Waals surface area contributed by atoms with E-state index in [1.54, 1.807) is 30.3 Å². The summed E-state index contributed by atoms with van der Waals surface area (Å²) in [4.78, 5) is 96.4. The largest absolute Gasteiger partial charge is 0.369 e. The van der Waals surface area contributed by atoms with Crippen molar-refractivity contribution < 1.29 is 38.4 Å². The first-order chi connectivity index (χ1) is 21.0. The summed E-state index contributed by atoms with van der Waals surface area (Å²) >= 11 is 1.11. The Morgan fingerprint density at radius 3 is 2.05 bits per heavy atom. The first-order valence-electron chi connectivity index (χ1n) is 13.9. The van der Waals surface area contributed by atoms with Crippen molar-refractivity contribution in [2.24, 2.45) is 5.73 Å². The van der Waals surface area contributed by atoms with Crippen LogP contribution in [0.1, 0.15) is 31.2 Å². The van der Waals surface area contributed by atoms with Gasteiger partial charge in [0.15, 0.2) is 0 Å². The van der Waals surface area contributed by atoms with Crippen molar-refractivity contribution in [3.05, 3.63) is 48.0 Å². The Morgan fingerprint density at radius 1 is 0.750 bits per heavy atom. The number of unbranched alkanes of at least 4 members (excludes halogenated alkanes) is 2. The Balaban J connectivity index is 1.69. The van der Waals surface area contributed by atoms with Crippen LogP contribution in [0.3, 0.4) is 0 Å². The number of carbonyl (C=O) groups is 8. The van der Waals surface area contributed by atoms with Crippen LogP contribution < -0.4 is 32.3 Å². The van der Waals surface area contributed by atoms with Crippen molar-refractivity contribution in [2.45, 2.75) is 38.1 Å². The van der Waals surface area contributed by atoms with Gasteiger partial charge in [-0.1, -0.05) is 36.8 Å². The van der Waals surface area contributed by atoms with E-state index in [1.165, 1.54) is 12.2 Å². The number of amides is 8. The normalized spacial score (nSPS) is 12.8. The van der Waals surface area contributed by atoms with Crippen LogP contribution in [-0.2, 0) is 44.8 Å². The molecular formula is C28H37N7O8S. The van der Waals surface area contributed by atoms with E-state index in [0.717, 1.165) is 22.2 Å². The molecule has 44 heavy (non-hydrogen) atoms. The lowest BCUT2D eigenvalue weighted by atomic mass is 10.1. The van der Waals surface area contributed by atoms with Gasteiger partial charge in [-0.25, -0.2) is 0 Å². The van der Waals surface area contributed by atoms with E-state index in [9.17, 15) is 38.4 Å². The first-order valence-corrected chi connectivity index (χ1v) is 15.0. The molecule has 1 aromatic rings. The van der Waals surface area contributed by atoms with Crippen LogP contribution >= 0.6 is 11.8 Å². The molecule has 16 heteroatoms. The number of carbonyl (C=O) groups excluding carboxylic acids is 8. The number of nitrogens with zero attached hydrogens (tertiary/aromatic N) is 1. The molecule has 1 atom stereocenters. The highest BCUT2D eigenvalue weighted by Crippen LogP contribution is 2.08. The SMILES string of the molecule is NC(=O)CSCNC(=O)CNC(=O)[C@H](Cc1ccccc1)NC(=O)CNC(=O)CNC(=O)CCCCCN1C(=O)C=CC1=O. The van der Waals surface area contributed by atoms with E-state index in [2.05, 4.69) is 26.6 Å². The van der Waals surface area contributed by atoms with Gasteiger partial charge in [-0.3, -0.25) is 43.3 Å². The molecule has 0 unspecified atom stereocenters. The molecule has 0 spiro atoms. The number of hydrogen-bond acceptors (Lipinski definition) is 9. The molecule has 0 radical (unpaired) electrons. The molecule has 7 N–H and O–H groups in total. The van der Waals surface area contributed by atoms with Crippen LogP contribution in [0.2, 0.25) is 0 Å². The van der Waals surface area contributed by atoms with Gasteiger partial charge in [0, 0.05) is 31.5 Å². The summed E-state index contributed by atoms with van der Waals surface area (Å²) in [6.07, 6.45) is 4.36. The van der Waals surface area contributed by atoms with Crippen molar-refractivity contribution in [3.8, 4) is 0 Å². The van der Waals surface area contributed by atoms with E-state index in [-0.39, 0.29) is 61.8 Å². The Kier molecular flexibility index (Phi) is 15.7. The lowest BCUT2D eigenvalue weighted by molar-refractivity contribution is -0.137. The van der Waals surface area contributed by atoms with Crippen LogP contribution in [0.4, 0.5) is 0 Å². The van der Waals surface area contributed by atoms with Gasteiger partial charge in [0.2, 0.25) is 35.4 Å². The molecule has 0 saturated carbocycles. The van der Waals surface area contributed by atoms with E-state index in [4.69, 9.17) is 5.73 Å². The highest BCUT2D eigenvalue weighted by Gasteiger charge is 2.23. The number of rotatable bonds is 20. The second kappa shape index (κ2) is 19.5. The van der Waals surface area contributed by atoms with Gasteiger partial charge in [0.25, 0.3) is 11.8 Å². The first kappa shape index (κ1) is 35.5. The molecule has 0 fully saturated rings. The topological polar surface area (TPSA) is 226 Å². The van der Waals surface area contributed by atoms with E-state index in [1.807, 2.05) is 0 Å². The molecule has 1 heterocycles. The number of thioether (sulfide) groups is 1. The fraction of sp³-hybridized carbons (Fsp3) is 0.429. The zero-order valence-corrected chi connectivity index (χ0v) is 24.9. The summed E-state index contributed by atoms with van der Waals surface area (Å²) in [5.74, 6) is -3.80. The fourth-order valence-corrected chi connectivity index (χ4v) is 4.40. The van der Waals surface area contributed by atoms with Gasteiger partial charge in [0.05, 0.1) is 31.3 Å². The predicted octanol–water partition coefficient (Wildman–Crippen LogP) is -2.16. The minimum absolute atomic E-state index is 0.0356. The summed E-state index contributed by atoms with van der Waals surface area (Å²) in [6, 6.07) is 7.84. The summed E-state index contributed by atoms with van der Waals surface area (Å²) in [5.41, 5.74) is 5.79. The van der Waals surface area contributed by atoms with Gasteiger partial charge in [-0.2, -0.15) is 0 Å². The predicted molar refractivity (Wildman–Crippen MR) is 160 cm³/mol. The number of imide groups is 1. The van der Waals surface area contributed by atoms with Crippen LogP contribution in [0, 0.1) is 0 Å². The van der Waals surface area contributed by atoms with Gasteiger partial charge in [0.1, 0.15) is 6.04 Å². The maximum Gasteiger partial charge on any atom is 0.253 e. The van der Waals surface area contributed by atoms with E-state index in [0.29, 0.717) is 19.3 Å². The van der Waals surface area contributed by atoms with Crippen molar-refractivity contribution in [1.29, 1.82) is 0 Å².